The Kier molecular flexibility index (Phi) is 9.73. The van der Waals surface area contributed by atoms with E-state index in [1.165, 1.54) is 16.6 Å². The van der Waals surface area contributed by atoms with Crippen LogP contribution < -0.4 is 9.04 Å². The van der Waals surface area contributed by atoms with Crippen molar-refractivity contribution in [2.45, 2.75) is 45.6 Å². The SMILES string of the molecule is Cc1cc(OCc2ccc(C(=O)O)cc2C)c(N(CC(C)C)S(=O)(=O)c2nccs2)cc1C.[NaH]. The summed E-state index contributed by atoms with van der Waals surface area (Å²) in [6.45, 7) is 10.1. The second kappa shape index (κ2) is 11.7. The van der Waals surface area contributed by atoms with Crippen molar-refractivity contribution in [3.63, 3.8) is 0 Å². The van der Waals surface area contributed by atoms with E-state index in [9.17, 15) is 18.3 Å². The van der Waals surface area contributed by atoms with Crippen LogP contribution in [0.25, 0.3) is 0 Å². The molecule has 0 unspecified atom stereocenters. The van der Waals surface area contributed by atoms with Gasteiger partial charge in [0.1, 0.15) is 12.4 Å². The van der Waals surface area contributed by atoms with Crippen molar-refractivity contribution in [3.05, 3.63) is 69.7 Å². The number of aryl methyl sites for hydroxylation is 3. The number of rotatable bonds is 9. The topological polar surface area (TPSA) is 96.8 Å². The van der Waals surface area contributed by atoms with E-state index >= 15 is 0 Å². The normalized spacial score (nSPS) is 11.2. The first kappa shape index (κ1) is 28.3. The number of carboxylic acids is 1. The molecule has 178 valence electrons. The minimum atomic E-state index is -3.87. The third-order valence-corrected chi connectivity index (χ3v) is 8.23. The van der Waals surface area contributed by atoms with Gasteiger partial charge in [-0.2, -0.15) is 8.42 Å². The number of aromatic carboxylic acids is 1. The molecule has 0 spiro atoms. The Morgan fingerprint density at radius 3 is 2.35 bits per heavy atom. The van der Waals surface area contributed by atoms with Gasteiger partial charge in [0.25, 0.3) is 10.0 Å². The van der Waals surface area contributed by atoms with E-state index in [-0.39, 0.29) is 58.5 Å². The van der Waals surface area contributed by atoms with Crippen LogP contribution >= 0.6 is 11.3 Å². The first-order valence-corrected chi connectivity index (χ1v) is 12.8. The van der Waals surface area contributed by atoms with E-state index in [4.69, 9.17) is 4.74 Å². The molecule has 0 aliphatic heterocycles. The zero-order chi connectivity index (χ0) is 24.3. The van der Waals surface area contributed by atoms with E-state index < -0.39 is 16.0 Å². The van der Waals surface area contributed by atoms with Gasteiger partial charge in [-0.1, -0.05) is 19.9 Å². The van der Waals surface area contributed by atoms with Crippen molar-refractivity contribution < 1.29 is 23.1 Å². The van der Waals surface area contributed by atoms with Crippen molar-refractivity contribution >= 4 is 62.6 Å². The maximum atomic E-state index is 13.5. The molecule has 0 aliphatic carbocycles. The molecule has 0 bridgehead atoms. The Morgan fingerprint density at radius 2 is 1.79 bits per heavy atom. The Morgan fingerprint density at radius 1 is 1.12 bits per heavy atom. The van der Waals surface area contributed by atoms with Gasteiger partial charge in [0.05, 0.1) is 11.3 Å². The molecular weight excluding hydrogens is 483 g/mol. The summed E-state index contributed by atoms with van der Waals surface area (Å²) in [6.07, 6.45) is 1.48. The average molecular weight is 513 g/mol. The number of ether oxygens (including phenoxy) is 1. The second-order valence-electron chi connectivity index (χ2n) is 8.37. The molecule has 0 fully saturated rings. The molecule has 34 heavy (non-hydrogen) atoms. The first-order valence-electron chi connectivity index (χ1n) is 10.5. The number of carbonyl (C=O) groups is 1. The summed E-state index contributed by atoms with van der Waals surface area (Å²) in [4.78, 5) is 15.3. The van der Waals surface area contributed by atoms with Gasteiger partial charge in [-0.3, -0.25) is 4.31 Å². The van der Waals surface area contributed by atoms with E-state index in [0.717, 1.165) is 33.6 Å². The van der Waals surface area contributed by atoms with Crippen LogP contribution in [-0.4, -0.2) is 60.6 Å². The molecule has 3 rings (SSSR count). The van der Waals surface area contributed by atoms with Crippen LogP contribution in [0.2, 0.25) is 0 Å². The van der Waals surface area contributed by atoms with E-state index in [0.29, 0.717) is 11.4 Å². The molecule has 0 aliphatic rings. The van der Waals surface area contributed by atoms with Gasteiger partial charge in [0.15, 0.2) is 0 Å². The van der Waals surface area contributed by atoms with Gasteiger partial charge < -0.3 is 9.84 Å². The Balaban J connectivity index is 0.00000408. The van der Waals surface area contributed by atoms with Gasteiger partial charge in [-0.05, 0) is 73.2 Å². The minimum absolute atomic E-state index is 0. The molecule has 0 radical (unpaired) electrons. The van der Waals surface area contributed by atoms with Crippen LogP contribution in [0.3, 0.4) is 0 Å². The summed E-state index contributed by atoms with van der Waals surface area (Å²) in [5.41, 5.74) is 4.20. The number of benzene rings is 2. The maximum absolute atomic E-state index is 13.5. The quantitative estimate of drug-likeness (QED) is 0.423. The molecule has 10 heteroatoms. The van der Waals surface area contributed by atoms with Crippen LogP contribution in [-0.2, 0) is 16.6 Å². The molecule has 0 amide bonds. The van der Waals surface area contributed by atoms with Crippen molar-refractivity contribution in [1.82, 2.24) is 4.98 Å². The average Bonchev–Trinajstić information content (AvgIpc) is 3.29. The summed E-state index contributed by atoms with van der Waals surface area (Å²) in [5, 5.41) is 10.8. The van der Waals surface area contributed by atoms with Crippen LogP contribution in [0, 0.1) is 26.7 Å². The first-order chi connectivity index (χ1) is 15.5. The molecular formula is C24H29N2NaO5S2. The number of carboxylic acid groups (broad SMARTS) is 1. The van der Waals surface area contributed by atoms with Crippen molar-refractivity contribution in [3.8, 4) is 5.75 Å². The second-order valence-corrected chi connectivity index (χ2v) is 11.3. The van der Waals surface area contributed by atoms with E-state index in [2.05, 4.69) is 4.98 Å². The fourth-order valence-electron chi connectivity index (χ4n) is 3.32. The molecule has 1 aromatic heterocycles. The fourth-order valence-corrected chi connectivity index (χ4v) is 5.88. The van der Waals surface area contributed by atoms with E-state index in [1.54, 1.807) is 17.5 Å². The van der Waals surface area contributed by atoms with Crippen molar-refractivity contribution in [1.29, 1.82) is 0 Å². The summed E-state index contributed by atoms with van der Waals surface area (Å²) < 4.78 is 34.5. The molecule has 1 heterocycles. The summed E-state index contributed by atoms with van der Waals surface area (Å²) >= 11 is 1.08. The van der Waals surface area contributed by atoms with Crippen LogP contribution in [0.15, 0.2) is 46.2 Å². The number of hydrogen-bond donors (Lipinski definition) is 1. The number of hydrogen-bond acceptors (Lipinski definition) is 6. The molecule has 0 saturated heterocycles. The Bertz CT molecular complexity index is 1260. The van der Waals surface area contributed by atoms with Crippen LogP contribution in [0.4, 0.5) is 5.69 Å². The van der Waals surface area contributed by atoms with Crippen LogP contribution in [0.5, 0.6) is 5.75 Å². The third kappa shape index (κ3) is 6.40. The molecule has 7 nitrogen and oxygen atoms in total. The Hall–Kier alpha value is -1.91. The van der Waals surface area contributed by atoms with Crippen molar-refractivity contribution in [2.75, 3.05) is 10.8 Å². The third-order valence-electron chi connectivity index (χ3n) is 5.27. The van der Waals surface area contributed by atoms with Crippen LogP contribution in [0.1, 0.15) is 46.5 Å². The van der Waals surface area contributed by atoms with Gasteiger partial charge in [-0.15, -0.1) is 11.3 Å². The number of sulfonamides is 1. The summed E-state index contributed by atoms with van der Waals surface area (Å²) in [7, 11) is -3.87. The molecule has 0 atom stereocenters. The monoisotopic (exact) mass is 512 g/mol. The zero-order valence-electron chi connectivity index (χ0n) is 19.3. The molecule has 1 N–H and O–H groups in total. The van der Waals surface area contributed by atoms with Gasteiger partial charge in [0.2, 0.25) is 4.34 Å². The van der Waals surface area contributed by atoms with Crippen molar-refractivity contribution in [2.24, 2.45) is 5.92 Å². The number of thiazole rings is 1. The fraction of sp³-hybridized carbons (Fsp3) is 0.333. The molecule has 2 aromatic carbocycles. The number of nitrogens with zero attached hydrogens (tertiary/aromatic N) is 2. The molecule has 3 aromatic rings. The summed E-state index contributed by atoms with van der Waals surface area (Å²) in [6, 6.07) is 8.53. The number of anilines is 1. The Labute approximate surface area is 227 Å². The van der Waals surface area contributed by atoms with Gasteiger partial charge in [-0.25, -0.2) is 9.78 Å². The predicted molar refractivity (Wildman–Crippen MR) is 137 cm³/mol. The van der Waals surface area contributed by atoms with E-state index in [1.807, 2.05) is 46.8 Å². The zero-order valence-corrected chi connectivity index (χ0v) is 21.0. The van der Waals surface area contributed by atoms with Gasteiger partial charge >= 0.3 is 35.5 Å². The summed E-state index contributed by atoms with van der Waals surface area (Å²) in [5.74, 6) is -0.473. The molecule has 0 saturated carbocycles. The number of aromatic nitrogens is 1. The van der Waals surface area contributed by atoms with Gasteiger partial charge in [0, 0.05) is 18.1 Å². The predicted octanol–water partition coefficient (Wildman–Crippen LogP) is 4.55. The standard InChI is InChI=1S/C24H28N2O5S2.Na.H/c1-15(2)13-26(33(29,30)24-25-8-9-32-24)21-11-16(3)17(4)12-22(21)31-14-20-7-6-19(23(27)28)10-18(20)5;;/h6-12,15H,13-14H2,1-5H3,(H,27,28);;.